The van der Waals surface area contributed by atoms with E-state index < -0.39 is 0 Å². The fourth-order valence-electron chi connectivity index (χ4n) is 2.53. The van der Waals surface area contributed by atoms with Crippen LogP contribution in [0.2, 0.25) is 0 Å². The molecule has 0 aromatic heterocycles. The minimum atomic E-state index is -0.131. The maximum absolute atomic E-state index is 14.1. The molecule has 1 saturated heterocycles. The number of benzene rings is 1. The summed E-state index contributed by atoms with van der Waals surface area (Å²) < 4.78 is 15.1. The molecule has 0 amide bonds. The van der Waals surface area contributed by atoms with Gasteiger partial charge in [-0.25, -0.2) is 4.39 Å². The number of hydrogen-bond acceptors (Lipinski definition) is 2. The van der Waals surface area contributed by atoms with E-state index in [0.717, 1.165) is 48.2 Å². The average Bonchev–Trinajstić information content (AvgIpc) is 2.40. The normalized spacial score (nSPS) is 18.3. The molecule has 1 fully saturated rings. The maximum atomic E-state index is 14.1. The molecule has 2 nitrogen and oxygen atoms in total. The number of piperazine rings is 1. The zero-order valence-corrected chi connectivity index (χ0v) is 12.8. The topological polar surface area (TPSA) is 15.3 Å². The molecule has 104 valence electrons. The lowest BCUT2D eigenvalue weighted by Crippen LogP contribution is -2.45. The third-order valence-corrected chi connectivity index (χ3v) is 3.94. The second-order valence-electron chi connectivity index (χ2n) is 5.13. The second-order valence-corrected chi connectivity index (χ2v) is 6.04. The molecule has 1 heterocycles. The average molecular weight is 327 g/mol. The summed E-state index contributed by atoms with van der Waals surface area (Å²) in [6, 6.07) is 5.25. The Hall–Kier alpha value is -0.710. The zero-order valence-electron chi connectivity index (χ0n) is 11.3. The minimum Gasteiger partial charge on any atom is -0.314 e. The summed E-state index contributed by atoms with van der Waals surface area (Å²) in [4.78, 5) is 2.34. The van der Waals surface area contributed by atoms with Gasteiger partial charge in [-0.2, -0.15) is 0 Å². The van der Waals surface area contributed by atoms with E-state index in [0.29, 0.717) is 0 Å². The minimum absolute atomic E-state index is 0.0806. The van der Waals surface area contributed by atoms with Crippen LogP contribution in [0.4, 0.5) is 4.39 Å². The van der Waals surface area contributed by atoms with Crippen molar-refractivity contribution in [2.45, 2.75) is 19.4 Å². The first-order valence-corrected chi connectivity index (χ1v) is 7.41. The van der Waals surface area contributed by atoms with Crippen LogP contribution in [0.1, 0.15) is 24.9 Å². The van der Waals surface area contributed by atoms with E-state index in [2.05, 4.69) is 32.7 Å². The van der Waals surface area contributed by atoms with E-state index in [1.165, 1.54) is 6.07 Å². The Morgan fingerprint density at radius 3 is 2.79 bits per heavy atom. The third-order valence-electron chi connectivity index (χ3n) is 3.45. The highest BCUT2D eigenvalue weighted by Crippen LogP contribution is 2.31. The second kappa shape index (κ2) is 6.64. The first kappa shape index (κ1) is 14.7. The lowest BCUT2D eigenvalue weighted by molar-refractivity contribution is 0.169. The van der Waals surface area contributed by atoms with Gasteiger partial charge in [-0.3, -0.25) is 4.90 Å². The van der Waals surface area contributed by atoms with E-state index in [4.69, 9.17) is 0 Å². The Balaban J connectivity index is 2.29. The third kappa shape index (κ3) is 3.88. The van der Waals surface area contributed by atoms with Crippen molar-refractivity contribution in [2.75, 3.05) is 26.2 Å². The molecule has 1 N–H and O–H groups in total. The molecule has 0 radical (unpaired) electrons. The summed E-state index contributed by atoms with van der Waals surface area (Å²) in [5.41, 5.74) is 1.85. The number of nitrogens with one attached hydrogen (secondary N) is 1. The molecule has 1 aromatic carbocycles. The van der Waals surface area contributed by atoms with Gasteiger partial charge in [0.25, 0.3) is 0 Å². The summed E-state index contributed by atoms with van der Waals surface area (Å²) in [7, 11) is 0. The van der Waals surface area contributed by atoms with E-state index >= 15 is 0 Å². The fourth-order valence-corrected chi connectivity index (χ4v) is 2.91. The highest BCUT2D eigenvalue weighted by atomic mass is 79.9. The quantitative estimate of drug-likeness (QED) is 0.852. The van der Waals surface area contributed by atoms with Gasteiger partial charge in [0.2, 0.25) is 0 Å². The van der Waals surface area contributed by atoms with Gasteiger partial charge in [0.1, 0.15) is 5.82 Å². The number of hydrogen-bond donors (Lipinski definition) is 1. The summed E-state index contributed by atoms with van der Waals surface area (Å²) in [6.45, 7) is 9.81. The molecular weight excluding hydrogens is 307 g/mol. The van der Waals surface area contributed by atoms with Crippen molar-refractivity contribution >= 4 is 15.9 Å². The molecule has 4 heteroatoms. The Morgan fingerprint density at radius 1 is 1.47 bits per heavy atom. The monoisotopic (exact) mass is 326 g/mol. The molecule has 0 unspecified atom stereocenters. The van der Waals surface area contributed by atoms with Crippen molar-refractivity contribution in [3.8, 4) is 0 Å². The van der Waals surface area contributed by atoms with Crippen molar-refractivity contribution in [1.82, 2.24) is 10.2 Å². The van der Waals surface area contributed by atoms with Gasteiger partial charge in [0.15, 0.2) is 0 Å². The van der Waals surface area contributed by atoms with Crippen molar-refractivity contribution in [1.29, 1.82) is 0 Å². The highest BCUT2D eigenvalue weighted by Gasteiger charge is 2.24. The largest absolute Gasteiger partial charge is 0.314 e. The molecule has 2 rings (SSSR count). The van der Waals surface area contributed by atoms with Crippen LogP contribution >= 0.6 is 15.9 Å². The summed E-state index contributed by atoms with van der Waals surface area (Å²) in [6.07, 6.45) is 0.799. The molecule has 0 bridgehead atoms. The van der Waals surface area contributed by atoms with Crippen LogP contribution in [-0.2, 0) is 0 Å². The molecule has 1 atom stereocenters. The smallest absolute Gasteiger partial charge is 0.128 e. The lowest BCUT2D eigenvalue weighted by Gasteiger charge is -2.35. The van der Waals surface area contributed by atoms with E-state index in [1.807, 2.05) is 13.0 Å². The van der Waals surface area contributed by atoms with Crippen molar-refractivity contribution in [2.24, 2.45) is 0 Å². The van der Waals surface area contributed by atoms with E-state index in [1.54, 1.807) is 6.07 Å². The Labute approximate surface area is 122 Å². The zero-order chi connectivity index (χ0) is 13.8. The standard InChI is InChI=1S/C15H20BrFN2/c1-11(2)9-15(19-7-5-18-6-8-19)13-10-12(16)3-4-14(13)17/h3-4,10,15,18H,1,5-9H2,2H3/t15-/m1/s1. The first-order valence-electron chi connectivity index (χ1n) is 6.62. The van der Waals surface area contributed by atoms with Gasteiger partial charge < -0.3 is 5.32 Å². The van der Waals surface area contributed by atoms with E-state index in [-0.39, 0.29) is 11.9 Å². The van der Waals surface area contributed by atoms with Gasteiger partial charge in [-0.1, -0.05) is 21.5 Å². The first-order chi connectivity index (χ1) is 9.08. The van der Waals surface area contributed by atoms with Crippen LogP contribution in [0.15, 0.2) is 34.8 Å². The van der Waals surface area contributed by atoms with Crippen LogP contribution in [0.3, 0.4) is 0 Å². The number of rotatable bonds is 4. The SMILES string of the molecule is C=C(C)C[C@H](c1cc(Br)ccc1F)N1CCNCC1. The Kier molecular flexibility index (Phi) is 5.13. The van der Waals surface area contributed by atoms with Crippen molar-refractivity contribution < 1.29 is 4.39 Å². The van der Waals surface area contributed by atoms with Gasteiger partial charge in [-0.15, -0.1) is 6.58 Å². The van der Waals surface area contributed by atoms with Gasteiger partial charge >= 0.3 is 0 Å². The Bertz CT molecular complexity index is 455. The van der Waals surface area contributed by atoms with Crippen molar-refractivity contribution in [3.05, 3.63) is 46.2 Å². The molecule has 1 aliphatic heterocycles. The molecule has 0 saturated carbocycles. The maximum Gasteiger partial charge on any atom is 0.128 e. The van der Waals surface area contributed by atoms with Crippen LogP contribution < -0.4 is 5.32 Å². The molecule has 19 heavy (non-hydrogen) atoms. The molecule has 0 aliphatic carbocycles. The van der Waals surface area contributed by atoms with Crippen LogP contribution in [0, 0.1) is 5.82 Å². The fraction of sp³-hybridized carbons (Fsp3) is 0.467. The predicted octanol–water partition coefficient (Wildman–Crippen LogP) is 3.50. The molecule has 1 aliphatic rings. The van der Waals surface area contributed by atoms with Crippen LogP contribution in [0.5, 0.6) is 0 Å². The van der Waals surface area contributed by atoms with E-state index in [9.17, 15) is 4.39 Å². The Morgan fingerprint density at radius 2 is 2.16 bits per heavy atom. The van der Waals surface area contributed by atoms with Gasteiger partial charge in [0.05, 0.1) is 0 Å². The number of nitrogens with zero attached hydrogens (tertiary/aromatic N) is 1. The lowest BCUT2D eigenvalue weighted by atomic mass is 9.97. The summed E-state index contributed by atoms with van der Waals surface area (Å²) in [5.74, 6) is -0.131. The predicted molar refractivity (Wildman–Crippen MR) is 80.7 cm³/mol. The van der Waals surface area contributed by atoms with Gasteiger partial charge in [0, 0.05) is 42.3 Å². The summed E-state index contributed by atoms with van der Waals surface area (Å²) >= 11 is 3.43. The van der Waals surface area contributed by atoms with Crippen LogP contribution in [0.25, 0.3) is 0 Å². The molecule has 0 spiro atoms. The molecular formula is C15H20BrFN2. The summed E-state index contributed by atoms with van der Waals surface area (Å²) in [5, 5.41) is 3.33. The van der Waals surface area contributed by atoms with Crippen LogP contribution in [-0.4, -0.2) is 31.1 Å². The van der Waals surface area contributed by atoms with Crippen molar-refractivity contribution in [3.63, 3.8) is 0 Å². The highest BCUT2D eigenvalue weighted by molar-refractivity contribution is 9.10. The van der Waals surface area contributed by atoms with Gasteiger partial charge in [-0.05, 0) is 31.5 Å². The number of halogens is 2. The molecule has 1 aromatic rings.